The molecule has 3 nitrogen and oxygen atoms in total. The first-order valence-electron chi connectivity index (χ1n) is 7.34. The second-order valence-electron chi connectivity index (χ2n) is 6.40. The van der Waals surface area contributed by atoms with Crippen molar-refractivity contribution in [2.45, 2.75) is 19.3 Å². The predicted molar refractivity (Wildman–Crippen MR) is 86.1 cm³/mol. The Morgan fingerprint density at radius 2 is 1.81 bits per heavy atom. The fourth-order valence-corrected chi connectivity index (χ4v) is 3.37. The topological polar surface area (TPSA) is 19.4 Å². The van der Waals surface area contributed by atoms with E-state index in [1.54, 1.807) is 0 Å². The summed E-state index contributed by atoms with van der Waals surface area (Å²) in [5, 5.41) is 0. The van der Waals surface area contributed by atoms with Crippen molar-refractivity contribution in [3.05, 3.63) is 60.1 Å². The lowest BCUT2D eigenvalue weighted by molar-refractivity contribution is 0.494. The summed E-state index contributed by atoms with van der Waals surface area (Å²) >= 11 is 0. The van der Waals surface area contributed by atoms with Crippen molar-refractivity contribution in [3.63, 3.8) is 0 Å². The van der Waals surface area contributed by atoms with Crippen molar-refractivity contribution in [3.8, 4) is 11.1 Å². The molecule has 2 heterocycles. The number of hydrogen-bond donors (Lipinski definition) is 0. The molecule has 1 aliphatic heterocycles. The van der Waals surface area contributed by atoms with Crippen molar-refractivity contribution in [1.29, 1.82) is 0 Å². The Hall–Kier alpha value is -2.29. The minimum atomic E-state index is -0.0305. The summed E-state index contributed by atoms with van der Waals surface area (Å²) in [7, 11) is 2.07. The summed E-state index contributed by atoms with van der Waals surface area (Å²) in [4.78, 5) is 9.31. The Morgan fingerprint density at radius 1 is 1.00 bits per heavy atom. The van der Waals surface area contributed by atoms with Gasteiger partial charge in [-0.3, -0.25) is 0 Å². The molecule has 1 aliphatic carbocycles. The summed E-state index contributed by atoms with van der Waals surface area (Å²) in [6.07, 6.45) is 4.17. The maximum atomic E-state index is 4.99. The average molecular weight is 277 g/mol. The molecule has 0 spiro atoms. The molecule has 0 radical (unpaired) electrons. The monoisotopic (exact) mass is 277 g/mol. The smallest absolute Gasteiger partial charge is 0.134 e. The fourth-order valence-electron chi connectivity index (χ4n) is 3.37. The zero-order valence-electron chi connectivity index (χ0n) is 12.7. The number of nitrogens with zero attached hydrogens (tertiary/aromatic N) is 3. The van der Waals surface area contributed by atoms with E-state index in [0.29, 0.717) is 0 Å². The second kappa shape index (κ2) is 4.10. The summed E-state index contributed by atoms with van der Waals surface area (Å²) in [5.74, 6) is 1.02. The maximum absolute atomic E-state index is 4.99. The van der Waals surface area contributed by atoms with Gasteiger partial charge in [-0.1, -0.05) is 38.1 Å². The third-order valence-electron chi connectivity index (χ3n) is 4.53. The number of anilines is 1. The van der Waals surface area contributed by atoms with Gasteiger partial charge in [0.2, 0.25) is 0 Å². The van der Waals surface area contributed by atoms with Gasteiger partial charge < -0.3 is 9.80 Å². The van der Waals surface area contributed by atoms with Gasteiger partial charge in [-0.25, -0.2) is 4.98 Å². The highest BCUT2D eigenvalue weighted by Gasteiger charge is 2.37. The number of pyridine rings is 1. The van der Waals surface area contributed by atoms with E-state index in [2.05, 4.69) is 79.5 Å². The number of aromatic nitrogens is 1. The quantitative estimate of drug-likeness (QED) is 0.794. The molecular weight excluding hydrogens is 258 g/mol. The molecular formula is C18H19N3. The lowest BCUT2D eigenvalue weighted by atomic mass is 9.85. The minimum Gasteiger partial charge on any atom is -0.361 e. The average Bonchev–Trinajstić information content (AvgIpc) is 3.01. The standard InChI is InChI=1S/C18H19N3/c1-18(2)15-7-5-4-6-13(15)14-8-9-16(19-17(14)18)21-11-10-20(3)12-21/h4-11H,12H2,1-3H3. The van der Waals surface area contributed by atoms with E-state index in [4.69, 9.17) is 4.98 Å². The van der Waals surface area contributed by atoms with Crippen molar-refractivity contribution >= 4 is 5.82 Å². The van der Waals surface area contributed by atoms with E-state index >= 15 is 0 Å². The molecule has 4 rings (SSSR count). The van der Waals surface area contributed by atoms with Gasteiger partial charge in [0.25, 0.3) is 0 Å². The third-order valence-corrected chi connectivity index (χ3v) is 4.53. The summed E-state index contributed by atoms with van der Waals surface area (Å²) in [6.45, 7) is 5.39. The number of benzene rings is 1. The molecule has 0 saturated heterocycles. The van der Waals surface area contributed by atoms with Crippen molar-refractivity contribution < 1.29 is 0 Å². The van der Waals surface area contributed by atoms with E-state index < -0.39 is 0 Å². The molecule has 0 amide bonds. The Balaban J connectivity index is 1.84. The Labute approximate surface area is 125 Å². The van der Waals surface area contributed by atoms with Gasteiger partial charge in [-0.05, 0) is 23.3 Å². The SMILES string of the molecule is CN1C=CN(c2ccc3c(n2)C(C)(C)c2ccccc2-3)C1. The van der Waals surface area contributed by atoms with Crippen LogP contribution in [0.1, 0.15) is 25.1 Å². The molecule has 0 bridgehead atoms. The van der Waals surface area contributed by atoms with E-state index in [1.807, 2.05) is 0 Å². The first-order valence-corrected chi connectivity index (χ1v) is 7.34. The van der Waals surface area contributed by atoms with Crippen LogP contribution in [0.3, 0.4) is 0 Å². The van der Waals surface area contributed by atoms with Gasteiger partial charge >= 0.3 is 0 Å². The summed E-state index contributed by atoms with van der Waals surface area (Å²) < 4.78 is 0. The van der Waals surface area contributed by atoms with Crippen LogP contribution >= 0.6 is 0 Å². The highest BCUT2D eigenvalue weighted by atomic mass is 15.3. The molecule has 0 unspecified atom stereocenters. The van der Waals surface area contributed by atoms with Crippen molar-refractivity contribution in [1.82, 2.24) is 9.88 Å². The predicted octanol–water partition coefficient (Wildman–Crippen LogP) is 3.57. The van der Waals surface area contributed by atoms with Crippen LogP contribution in [0.4, 0.5) is 5.82 Å². The van der Waals surface area contributed by atoms with Crippen LogP contribution in [0.2, 0.25) is 0 Å². The number of rotatable bonds is 1. The molecule has 0 atom stereocenters. The summed E-state index contributed by atoms with van der Waals surface area (Å²) in [6, 6.07) is 13.0. The lowest BCUT2D eigenvalue weighted by Gasteiger charge is -2.23. The van der Waals surface area contributed by atoms with Crippen LogP contribution in [0, 0.1) is 0 Å². The normalized spacial score (nSPS) is 18.0. The molecule has 0 saturated carbocycles. The van der Waals surface area contributed by atoms with Crippen LogP contribution in [0.25, 0.3) is 11.1 Å². The first kappa shape index (κ1) is 12.5. The van der Waals surface area contributed by atoms with Crippen LogP contribution in [0.15, 0.2) is 48.8 Å². The van der Waals surface area contributed by atoms with Gasteiger partial charge in [-0.15, -0.1) is 0 Å². The van der Waals surface area contributed by atoms with Crippen LogP contribution in [-0.4, -0.2) is 23.6 Å². The Bertz CT molecular complexity index is 746. The third kappa shape index (κ3) is 1.70. The van der Waals surface area contributed by atoms with E-state index in [0.717, 1.165) is 12.5 Å². The molecule has 21 heavy (non-hydrogen) atoms. The zero-order chi connectivity index (χ0) is 14.6. The Kier molecular flexibility index (Phi) is 2.43. The van der Waals surface area contributed by atoms with Crippen LogP contribution in [-0.2, 0) is 5.41 Å². The van der Waals surface area contributed by atoms with E-state index in [1.165, 1.54) is 22.4 Å². The largest absolute Gasteiger partial charge is 0.361 e. The lowest BCUT2D eigenvalue weighted by Crippen LogP contribution is -2.24. The number of fused-ring (bicyclic) bond motifs is 3. The van der Waals surface area contributed by atoms with Gasteiger partial charge in [0, 0.05) is 30.4 Å². The van der Waals surface area contributed by atoms with Crippen LogP contribution in [0.5, 0.6) is 0 Å². The molecule has 106 valence electrons. The molecule has 1 aromatic carbocycles. The van der Waals surface area contributed by atoms with Gasteiger partial charge in [0.05, 0.1) is 12.4 Å². The molecule has 1 aromatic heterocycles. The van der Waals surface area contributed by atoms with Gasteiger partial charge in [0.15, 0.2) is 0 Å². The highest BCUT2D eigenvalue weighted by molar-refractivity contribution is 5.80. The second-order valence-corrected chi connectivity index (χ2v) is 6.40. The zero-order valence-corrected chi connectivity index (χ0v) is 12.7. The minimum absolute atomic E-state index is 0.0305. The van der Waals surface area contributed by atoms with Crippen molar-refractivity contribution in [2.75, 3.05) is 18.6 Å². The van der Waals surface area contributed by atoms with E-state index in [9.17, 15) is 0 Å². The first-order chi connectivity index (χ1) is 10.1. The van der Waals surface area contributed by atoms with Gasteiger partial charge in [0.1, 0.15) is 5.82 Å². The van der Waals surface area contributed by atoms with Crippen molar-refractivity contribution in [2.24, 2.45) is 0 Å². The van der Waals surface area contributed by atoms with E-state index in [-0.39, 0.29) is 5.41 Å². The highest BCUT2D eigenvalue weighted by Crippen LogP contribution is 2.47. The summed E-state index contributed by atoms with van der Waals surface area (Å²) in [5.41, 5.74) is 5.13. The van der Waals surface area contributed by atoms with Gasteiger partial charge in [-0.2, -0.15) is 0 Å². The number of hydrogen-bond acceptors (Lipinski definition) is 3. The molecule has 0 N–H and O–H groups in total. The van der Waals surface area contributed by atoms with Crippen LogP contribution < -0.4 is 4.90 Å². The fraction of sp³-hybridized carbons (Fsp3) is 0.278. The maximum Gasteiger partial charge on any atom is 0.134 e. The molecule has 0 fully saturated rings. The molecule has 3 heteroatoms. The molecule has 2 aliphatic rings. The Morgan fingerprint density at radius 3 is 2.57 bits per heavy atom. The molecule has 2 aromatic rings.